The second-order valence-electron chi connectivity index (χ2n) is 6.23. The third-order valence-electron chi connectivity index (χ3n) is 4.26. The minimum absolute atomic E-state index is 0.0236. The summed E-state index contributed by atoms with van der Waals surface area (Å²) in [6.07, 6.45) is 0.843. The summed E-state index contributed by atoms with van der Waals surface area (Å²) in [7, 11) is 1.88. The number of hydrogen-bond acceptors (Lipinski definition) is 4. The van der Waals surface area contributed by atoms with Crippen molar-refractivity contribution >= 4 is 17.3 Å². The number of hydrogen-bond donors (Lipinski definition) is 2. The Morgan fingerprint density at radius 2 is 2.07 bits per heavy atom. The molecule has 0 amide bonds. The SMILES string of the molecule is Cc1nnc(CNC(=NCc2cc(F)ccc2F)NCCc2cccs2)n1C. The highest BCUT2D eigenvalue weighted by Crippen LogP contribution is 2.11. The van der Waals surface area contributed by atoms with Crippen LogP contribution in [0.1, 0.15) is 22.1 Å². The lowest BCUT2D eigenvalue weighted by atomic mass is 10.2. The number of aliphatic imine (C=N–C) groups is 1. The van der Waals surface area contributed by atoms with Gasteiger partial charge in [0.25, 0.3) is 0 Å². The Kier molecular flexibility index (Phi) is 6.70. The minimum Gasteiger partial charge on any atom is -0.356 e. The van der Waals surface area contributed by atoms with Crippen molar-refractivity contribution in [1.29, 1.82) is 0 Å². The highest BCUT2D eigenvalue weighted by atomic mass is 32.1. The summed E-state index contributed by atoms with van der Waals surface area (Å²) < 4.78 is 29.1. The second kappa shape index (κ2) is 9.41. The highest BCUT2D eigenvalue weighted by molar-refractivity contribution is 7.09. The van der Waals surface area contributed by atoms with Crippen LogP contribution in [0, 0.1) is 18.6 Å². The first kappa shape index (κ1) is 19.9. The fourth-order valence-corrected chi connectivity index (χ4v) is 3.24. The van der Waals surface area contributed by atoms with Gasteiger partial charge in [0.15, 0.2) is 11.8 Å². The van der Waals surface area contributed by atoms with E-state index in [-0.39, 0.29) is 12.1 Å². The molecule has 6 nitrogen and oxygen atoms in total. The number of benzene rings is 1. The largest absolute Gasteiger partial charge is 0.356 e. The molecule has 0 aliphatic heterocycles. The number of nitrogens with one attached hydrogen (secondary N) is 2. The predicted octanol–water partition coefficient (Wildman–Crippen LogP) is 2.94. The first-order valence-electron chi connectivity index (χ1n) is 8.86. The Balaban J connectivity index is 1.66. The Morgan fingerprint density at radius 1 is 1.21 bits per heavy atom. The van der Waals surface area contributed by atoms with Crippen LogP contribution in [-0.2, 0) is 26.6 Å². The van der Waals surface area contributed by atoms with Crippen LogP contribution >= 0.6 is 11.3 Å². The molecule has 0 spiro atoms. The lowest BCUT2D eigenvalue weighted by Crippen LogP contribution is -2.38. The number of nitrogens with zero attached hydrogens (tertiary/aromatic N) is 4. The van der Waals surface area contributed by atoms with Crippen LogP contribution in [0.4, 0.5) is 8.78 Å². The lowest BCUT2D eigenvalue weighted by molar-refractivity contribution is 0.585. The molecule has 0 radical (unpaired) electrons. The molecule has 2 aromatic heterocycles. The van der Waals surface area contributed by atoms with Crippen molar-refractivity contribution in [3.63, 3.8) is 0 Å². The Labute approximate surface area is 166 Å². The topological polar surface area (TPSA) is 67.1 Å². The molecule has 3 rings (SSSR count). The lowest BCUT2D eigenvalue weighted by Gasteiger charge is -2.12. The molecule has 0 saturated carbocycles. The van der Waals surface area contributed by atoms with Crippen molar-refractivity contribution in [2.24, 2.45) is 12.0 Å². The van der Waals surface area contributed by atoms with Gasteiger partial charge in [-0.25, -0.2) is 13.8 Å². The standard InChI is InChI=1S/C19H22F2N6S/c1-13-25-26-18(27(13)2)12-24-19(22-8-7-16-4-3-9-28-16)23-11-14-10-15(20)5-6-17(14)21/h3-6,9-10H,7-8,11-12H2,1-2H3,(H2,22,23,24). The summed E-state index contributed by atoms with van der Waals surface area (Å²) in [5, 5.41) is 16.6. The summed E-state index contributed by atoms with van der Waals surface area (Å²) in [5.74, 6) is 1.10. The van der Waals surface area contributed by atoms with E-state index < -0.39 is 11.6 Å². The van der Waals surface area contributed by atoms with E-state index in [2.05, 4.69) is 31.9 Å². The van der Waals surface area contributed by atoms with E-state index in [0.717, 1.165) is 36.3 Å². The third kappa shape index (κ3) is 5.35. The van der Waals surface area contributed by atoms with Crippen molar-refractivity contribution in [3.05, 3.63) is 69.4 Å². The molecule has 0 atom stereocenters. The number of aromatic nitrogens is 3. The van der Waals surface area contributed by atoms with Gasteiger partial charge in [0.05, 0.1) is 13.1 Å². The van der Waals surface area contributed by atoms with Crippen LogP contribution < -0.4 is 10.6 Å². The minimum atomic E-state index is -0.485. The normalized spacial score (nSPS) is 11.6. The van der Waals surface area contributed by atoms with E-state index >= 15 is 0 Å². The van der Waals surface area contributed by atoms with Crippen LogP contribution in [0.2, 0.25) is 0 Å². The van der Waals surface area contributed by atoms with Gasteiger partial charge in [0, 0.05) is 24.0 Å². The Morgan fingerprint density at radius 3 is 2.79 bits per heavy atom. The van der Waals surface area contributed by atoms with Crippen LogP contribution in [0.5, 0.6) is 0 Å². The fraction of sp³-hybridized carbons (Fsp3) is 0.316. The zero-order valence-electron chi connectivity index (χ0n) is 15.7. The average Bonchev–Trinajstić information content (AvgIpc) is 3.31. The molecule has 0 saturated heterocycles. The van der Waals surface area contributed by atoms with Gasteiger partial charge in [-0.2, -0.15) is 0 Å². The Bertz CT molecular complexity index is 936. The van der Waals surface area contributed by atoms with Gasteiger partial charge in [0.2, 0.25) is 0 Å². The van der Waals surface area contributed by atoms with Crippen molar-refractivity contribution < 1.29 is 8.78 Å². The summed E-state index contributed by atoms with van der Waals surface area (Å²) in [5.41, 5.74) is 0.203. The van der Waals surface area contributed by atoms with Gasteiger partial charge in [0.1, 0.15) is 17.5 Å². The van der Waals surface area contributed by atoms with Crippen LogP contribution in [-0.4, -0.2) is 27.3 Å². The fourth-order valence-electron chi connectivity index (χ4n) is 2.53. The summed E-state index contributed by atoms with van der Waals surface area (Å²) >= 11 is 1.69. The first-order chi connectivity index (χ1) is 13.5. The smallest absolute Gasteiger partial charge is 0.191 e. The van der Waals surface area contributed by atoms with Gasteiger partial charge in [-0.15, -0.1) is 21.5 Å². The molecule has 9 heteroatoms. The van der Waals surface area contributed by atoms with Crippen molar-refractivity contribution in [2.45, 2.75) is 26.4 Å². The molecule has 2 heterocycles. The molecule has 148 valence electrons. The maximum atomic E-state index is 13.9. The molecule has 0 aliphatic carbocycles. The van der Waals surface area contributed by atoms with Crippen LogP contribution in [0.15, 0.2) is 40.7 Å². The third-order valence-corrected chi connectivity index (χ3v) is 5.19. The first-order valence-corrected chi connectivity index (χ1v) is 9.74. The quantitative estimate of drug-likeness (QED) is 0.469. The number of rotatable bonds is 7. The molecule has 2 N–H and O–H groups in total. The van der Waals surface area contributed by atoms with Crippen LogP contribution in [0.25, 0.3) is 0 Å². The maximum absolute atomic E-state index is 13.9. The van der Waals surface area contributed by atoms with Gasteiger partial charge in [-0.1, -0.05) is 6.07 Å². The van der Waals surface area contributed by atoms with E-state index in [1.807, 2.05) is 30.0 Å². The van der Waals surface area contributed by atoms with Gasteiger partial charge >= 0.3 is 0 Å². The number of guanidine groups is 1. The van der Waals surface area contributed by atoms with E-state index in [1.54, 1.807) is 11.3 Å². The van der Waals surface area contributed by atoms with Gasteiger partial charge in [-0.3, -0.25) is 0 Å². The average molecular weight is 404 g/mol. The second-order valence-corrected chi connectivity index (χ2v) is 7.26. The molecule has 0 aliphatic rings. The van der Waals surface area contributed by atoms with E-state index in [1.165, 1.54) is 4.88 Å². The number of halogens is 2. The number of aryl methyl sites for hydroxylation is 1. The van der Waals surface area contributed by atoms with E-state index in [9.17, 15) is 8.78 Å². The van der Waals surface area contributed by atoms with Crippen LogP contribution in [0.3, 0.4) is 0 Å². The molecule has 1 aromatic carbocycles. The Hall–Kier alpha value is -2.81. The van der Waals surface area contributed by atoms with Crippen molar-refractivity contribution in [3.8, 4) is 0 Å². The number of thiophene rings is 1. The molecule has 0 unspecified atom stereocenters. The highest BCUT2D eigenvalue weighted by Gasteiger charge is 2.08. The monoisotopic (exact) mass is 404 g/mol. The van der Waals surface area contributed by atoms with Gasteiger partial charge in [-0.05, 0) is 43.0 Å². The zero-order chi connectivity index (χ0) is 19.9. The molecule has 0 bridgehead atoms. The molecule has 0 fully saturated rings. The van der Waals surface area contributed by atoms with Gasteiger partial charge < -0.3 is 15.2 Å². The molecular formula is C19H22F2N6S. The molecule has 3 aromatic rings. The molecule has 28 heavy (non-hydrogen) atoms. The molecular weight excluding hydrogens is 382 g/mol. The summed E-state index contributed by atoms with van der Waals surface area (Å²) in [6.45, 7) is 2.97. The summed E-state index contributed by atoms with van der Waals surface area (Å²) in [4.78, 5) is 5.66. The predicted molar refractivity (Wildman–Crippen MR) is 106 cm³/mol. The zero-order valence-corrected chi connectivity index (χ0v) is 16.6. The van der Waals surface area contributed by atoms with E-state index in [0.29, 0.717) is 19.0 Å². The van der Waals surface area contributed by atoms with Crippen molar-refractivity contribution in [2.75, 3.05) is 6.54 Å². The van der Waals surface area contributed by atoms with E-state index in [4.69, 9.17) is 0 Å². The maximum Gasteiger partial charge on any atom is 0.191 e. The van der Waals surface area contributed by atoms with Crippen molar-refractivity contribution in [1.82, 2.24) is 25.4 Å². The summed E-state index contributed by atoms with van der Waals surface area (Å²) in [6, 6.07) is 7.45.